The van der Waals surface area contributed by atoms with E-state index in [1.807, 2.05) is 68.3 Å². The van der Waals surface area contributed by atoms with Gasteiger partial charge in [0.05, 0.1) is 30.3 Å². The van der Waals surface area contributed by atoms with Crippen LogP contribution in [0.1, 0.15) is 64.9 Å². The van der Waals surface area contributed by atoms with Crippen molar-refractivity contribution in [1.82, 2.24) is 4.90 Å². The fourth-order valence-corrected chi connectivity index (χ4v) is 4.29. The number of carbonyl (C=O) groups is 2. The molecule has 1 aliphatic rings. The number of rotatable bonds is 9. The van der Waals surface area contributed by atoms with Crippen molar-refractivity contribution in [3.63, 3.8) is 0 Å². The number of nitrogens with zero attached hydrogens (tertiary/aromatic N) is 1. The van der Waals surface area contributed by atoms with E-state index in [4.69, 9.17) is 9.47 Å². The Labute approximate surface area is 197 Å². The van der Waals surface area contributed by atoms with Crippen molar-refractivity contribution < 1.29 is 19.1 Å². The molecule has 1 aliphatic heterocycles. The lowest BCUT2D eigenvalue weighted by molar-refractivity contribution is -0.140. The highest BCUT2D eigenvalue weighted by Crippen LogP contribution is 2.44. The Hall–Kier alpha value is -3.08. The van der Waals surface area contributed by atoms with Crippen LogP contribution >= 0.6 is 0 Å². The third kappa shape index (κ3) is 5.13. The van der Waals surface area contributed by atoms with Gasteiger partial charge in [-0.2, -0.15) is 0 Å². The monoisotopic (exact) mass is 449 g/mol. The molecular formula is C28H35NO4. The summed E-state index contributed by atoms with van der Waals surface area (Å²) in [4.78, 5) is 28.7. The SMILES string of the molecule is CCCCOC(=O)C1=C(C)N(C)C(C)=C(C(=O)OCCCC)C1c1cccc2ccccc12. The summed E-state index contributed by atoms with van der Waals surface area (Å²) in [5.41, 5.74) is 3.48. The predicted molar refractivity (Wildman–Crippen MR) is 132 cm³/mol. The van der Waals surface area contributed by atoms with E-state index in [0.717, 1.165) is 53.4 Å². The molecular weight excluding hydrogens is 414 g/mol. The molecule has 0 saturated heterocycles. The summed E-state index contributed by atoms with van der Waals surface area (Å²) in [6.07, 6.45) is 3.47. The van der Waals surface area contributed by atoms with Gasteiger partial charge in [0.15, 0.2) is 0 Å². The molecule has 0 amide bonds. The van der Waals surface area contributed by atoms with E-state index in [0.29, 0.717) is 24.4 Å². The summed E-state index contributed by atoms with van der Waals surface area (Å²) < 4.78 is 11.3. The lowest BCUT2D eigenvalue weighted by Gasteiger charge is -2.36. The van der Waals surface area contributed by atoms with Gasteiger partial charge in [0.25, 0.3) is 0 Å². The van der Waals surface area contributed by atoms with E-state index >= 15 is 0 Å². The summed E-state index contributed by atoms with van der Waals surface area (Å²) >= 11 is 0. The maximum Gasteiger partial charge on any atom is 0.336 e. The van der Waals surface area contributed by atoms with Gasteiger partial charge in [0, 0.05) is 18.4 Å². The first-order valence-electron chi connectivity index (χ1n) is 11.9. The molecule has 0 atom stereocenters. The topological polar surface area (TPSA) is 55.8 Å². The molecule has 0 saturated carbocycles. The van der Waals surface area contributed by atoms with Crippen LogP contribution in [-0.4, -0.2) is 37.1 Å². The molecule has 0 bridgehead atoms. The second kappa shape index (κ2) is 11.2. The van der Waals surface area contributed by atoms with Gasteiger partial charge < -0.3 is 14.4 Å². The van der Waals surface area contributed by atoms with E-state index in [1.165, 1.54) is 0 Å². The number of hydrogen-bond acceptors (Lipinski definition) is 5. The average Bonchev–Trinajstić information content (AvgIpc) is 2.82. The smallest absolute Gasteiger partial charge is 0.336 e. The number of allylic oxidation sites excluding steroid dienone is 2. The van der Waals surface area contributed by atoms with Gasteiger partial charge in [0.2, 0.25) is 0 Å². The Balaban J connectivity index is 2.18. The molecule has 0 aromatic heterocycles. The number of unbranched alkanes of at least 4 members (excludes halogenated alkanes) is 2. The zero-order valence-electron chi connectivity index (χ0n) is 20.4. The summed E-state index contributed by atoms with van der Waals surface area (Å²) in [6.45, 7) is 8.66. The molecule has 0 N–H and O–H groups in total. The summed E-state index contributed by atoms with van der Waals surface area (Å²) in [7, 11) is 1.88. The van der Waals surface area contributed by atoms with Crippen molar-refractivity contribution in [2.75, 3.05) is 20.3 Å². The highest BCUT2D eigenvalue weighted by atomic mass is 16.5. The first-order chi connectivity index (χ1) is 15.9. The zero-order chi connectivity index (χ0) is 24.0. The first-order valence-corrected chi connectivity index (χ1v) is 11.9. The van der Waals surface area contributed by atoms with Gasteiger partial charge in [0.1, 0.15) is 0 Å². The maximum absolute atomic E-state index is 13.4. The number of benzene rings is 2. The van der Waals surface area contributed by atoms with Gasteiger partial charge in [-0.05, 0) is 43.0 Å². The van der Waals surface area contributed by atoms with Crippen LogP contribution in [0.25, 0.3) is 10.8 Å². The molecule has 1 heterocycles. The fourth-order valence-electron chi connectivity index (χ4n) is 4.29. The Morgan fingerprint density at radius 3 is 1.88 bits per heavy atom. The number of hydrogen-bond donors (Lipinski definition) is 0. The summed E-state index contributed by atoms with van der Waals surface area (Å²) in [5, 5.41) is 2.06. The van der Waals surface area contributed by atoms with Crippen molar-refractivity contribution in [2.24, 2.45) is 0 Å². The molecule has 176 valence electrons. The quantitative estimate of drug-likeness (QED) is 0.342. The van der Waals surface area contributed by atoms with Gasteiger partial charge in [-0.15, -0.1) is 0 Å². The lowest BCUT2D eigenvalue weighted by Crippen LogP contribution is -2.34. The average molecular weight is 450 g/mol. The predicted octanol–water partition coefficient (Wildman–Crippen LogP) is 6.10. The van der Waals surface area contributed by atoms with Gasteiger partial charge in [-0.1, -0.05) is 69.2 Å². The third-order valence-corrected chi connectivity index (χ3v) is 6.40. The van der Waals surface area contributed by atoms with Crippen molar-refractivity contribution in [3.8, 4) is 0 Å². The minimum absolute atomic E-state index is 0.358. The number of esters is 2. The minimum atomic E-state index is -0.560. The molecule has 33 heavy (non-hydrogen) atoms. The van der Waals surface area contributed by atoms with Crippen LogP contribution in [-0.2, 0) is 19.1 Å². The highest BCUT2D eigenvalue weighted by Gasteiger charge is 2.40. The minimum Gasteiger partial charge on any atom is -0.462 e. The highest BCUT2D eigenvalue weighted by molar-refractivity contribution is 6.02. The van der Waals surface area contributed by atoms with Crippen LogP contribution in [0, 0.1) is 0 Å². The van der Waals surface area contributed by atoms with Crippen molar-refractivity contribution >= 4 is 22.7 Å². The van der Waals surface area contributed by atoms with Crippen LogP contribution in [0.4, 0.5) is 0 Å². The molecule has 3 rings (SSSR count). The molecule has 2 aromatic carbocycles. The van der Waals surface area contributed by atoms with Crippen molar-refractivity contribution in [2.45, 2.75) is 59.3 Å². The first kappa shape index (κ1) is 24.6. The van der Waals surface area contributed by atoms with Gasteiger partial charge >= 0.3 is 11.9 Å². The molecule has 2 aromatic rings. The molecule has 0 radical (unpaired) electrons. The summed E-state index contributed by atoms with van der Waals surface area (Å²) in [5.74, 6) is -1.32. The largest absolute Gasteiger partial charge is 0.462 e. The van der Waals surface area contributed by atoms with Gasteiger partial charge in [-0.3, -0.25) is 0 Å². The zero-order valence-corrected chi connectivity index (χ0v) is 20.4. The van der Waals surface area contributed by atoms with Crippen LogP contribution in [0.2, 0.25) is 0 Å². The van der Waals surface area contributed by atoms with Crippen molar-refractivity contribution in [3.05, 3.63) is 70.6 Å². The molecule has 0 unspecified atom stereocenters. The van der Waals surface area contributed by atoms with E-state index in [-0.39, 0.29) is 11.9 Å². The van der Waals surface area contributed by atoms with Gasteiger partial charge in [-0.25, -0.2) is 9.59 Å². The van der Waals surface area contributed by atoms with E-state index in [2.05, 4.69) is 13.8 Å². The Morgan fingerprint density at radius 2 is 1.33 bits per heavy atom. The van der Waals surface area contributed by atoms with Crippen LogP contribution in [0.5, 0.6) is 0 Å². The Kier molecular flexibility index (Phi) is 8.32. The van der Waals surface area contributed by atoms with Crippen LogP contribution < -0.4 is 0 Å². The van der Waals surface area contributed by atoms with Crippen molar-refractivity contribution in [1.29, 1.82) is 0 Å². The van der Waals surface area contributed by atoms with E-state index < -0.39 is 5.92 Å². The Morgan fingerprint density at radius 1 is 0.818 bits per heavy atom. The second-order valence-corrected chi connectivity index (χ2v) is 8.54. The number of fused-ring (bicyclic) bond motifs is 1. The van der Waals surface area contributed by atoms with E-state index in [1.54, 1.807) is 0 Å². The van der Waals surface area contributed by atoms with Crippen LogP contribution in [0.3, 0.4) is 0 Å². The lowest BCUT2D eigenvalue weighted by atomic mass is 9.78. The molecule has 0 spiro atoms. The van der Waals surface area contributed by atoms with Crippen LogP contribution in [0.15, 0.2) is 65.0 Å². The third-order valence-electron chi connectivity index (χ3n) is 6.40. The maximum atomic E-state index is 13.4. The Bertz CT molecular complexity index is 1030. The summed E-state index contributed by atoms with van der Waals surface area (Å²) in [6, 6.07) is 14.1. The molecule has 5 heteroatoms. The normalized spacial score (nSPS) is 14.8. The molecule has 5 nitrogen and oxygen atoms in total. The second-order valence-electron chi connectivity index (χ2n) is 8.54. The molecule has 0 aliphatic carbocycles. The fraction of sp³-hybridized carbons (Fsp3) is 0.429. The van der Waals surface area contributed by atoms with E-state index in [9.17, 15) is 9.59 Å². The number of carbonyl (C=O) groups excluding carboxylic acids is 2. The molecule has 0 fully saturated rings. The standard InChI is InChI=1S/C28H35NO4/c1-6-8-17-32-27(30)24-19(3)29(5)20(4)25(28(31)33-18-9-7-2)26(24)23-16-12-14-21-13-10-11-15-22(21)23/h10-16,26H,6-9,17-18H2,1-5H3. The number of ether oxygens (including phenoxy) is 2.